The number of aromatic nitrogens is 2. The van der Waals surface area contributed by atoms with E-state index < -0.39 is 0 Å². The number of carbonyl (C=O) groups excluding carboxylic acids is 1. The van der Waals surface area contributed by atoms with Gasteiger partial charge in [-0.25, -0.2) is 14.8 Å². The van der Waals surface area contributed by atoms with Gasteiger partial charge in [0.05, 0.1) is 0 Å². The molecule has 2 fully saturated rings. The summed E-state index contributed by atoms with van der Waals surface area (Å²) < 4.78 is 5.46. The van der Waals surface area contributed by atoms with E-state index in [1.54, 1.807) is 0 Å². The van der Waals surface area contributed by atoms with E-state index in [-0.39, 0.29) is 12.1 Å². The van der Waals surface area contributed by atoms with Gasteiger partial charge in [-0.2, -0.15) is 0 Å². The predicted molar refractivity (Wildman–Crippen MR) is 112 cm³/mol. The number of urea groups is 1. The van der Waals surface area contributed by atoms with Crippen molar-refractivity contribution >= 4 is 12.0 Å². The van der Waals surface area contributed by atoms with Gasteiger partial charge >= 0.3 is 6.03 Å². The number of hydrogen-bond acceptors (Lipinski definition) is 5. The fourth-order valence-corrected chi connectivity index (χ4v) is 4.00. The van der Waals surface area contributed by atoms with Crippen molar-refractivity contribution in [3.63, 3.8) is 0 Å². The minimum atomic E-state index is -0.107. The fraction of sp³-hybridized carbons (Fsp3) is 0.500. The number of anilines is 1. The SMILES string of the molecule is O=C(NCCc1ccccc1)NC1CCN(c2nccc(C3CCOCC3)n2)C1. The third-order valence-electron chi connectivity index (χ3n) is 5.65. The Bertz CT molecular complexity index is 795. The lowest BCUT2D eigenvalue weighted by molar-refractivity contribution is 0.0845. The summed E-state index contributed by atoms with van der Waals surface area (Å²) in [5.74, 6) is 1.22. The van der Waals surface area contributed by atoms with Crippen LogP contribution in [0.3, 0.4) is 0 Å². The van der Waals surface area contributed by atoms with Crippen LogP contribution >= 0.6 is 0 Å². The summed E-state index contributed by atoms with van der Waals surface area (Å²) in [6.45, 7) is 3.83. The summed E-state index contributed by atoms with van der Waals surface area (Å²) in [6.07, 6.45) is 5.62. The second-order valence-corrected chi connectivity index (χ2v) is 7.74. The molecular weight excluding hydrogens is 366 g/mol. The average molecular weight is 396 g/mol. The molecule has 1 atom stereocenters. The largest absolute Gasteiger partial charge is 0.381 e. The van der Waals surface area contributed by atoms with Crippen molar-refractivity contribution in [3.05, 3.63) is 53.9 Å². The highest BCUT2D eigenvalue weighted by Gasteiger charge is 2.26. The standard InChI is InChI=1S/C22H29N5O2/c28-22(24-11-6-17-4-2-1-3-5-17)25-19-8-13-27(16-19)21-23-12-7-20(26-21)18-9-14-29-15-10-18/h1-5,7,12,18-19H,6,8-11,13-16H2,(H2,24,25,28). The molecule has 2 aliphatic heterocycles. The first-order chi connectivity index (χ1) is 14.3. The molecule has 2 N–H and O–H groups in total. The zero-order chi connectivity index (χ0) is 19.9. The van der Waals surface area contributed by atoms with Gasteiger partial charge in [-0.1, -0.05) is 30.3 Å². The smallest absolute Gasteiger partial charge is 0.315 e. The van der Waals surface area contributed by atoms with Crippen LogP contribution in [0.4, 0.5) is 10.7 Å². The van der Waals surface area contributed by atoms with Crippen LogP contribution in [0.5, 0.6) is 0 Å². The van der Waals surface area contributed by atoms with Crippen molar-refractivity contribution in [2.24, 2.45) is 0 Å². The van der Waals surface area contributed by atoms with Crippen molar-refractivity contribution in [2.75, 3.05) is 37.7 Å². The Kier molecular flexibility index (Phi) is 6.56. The van der Waals surface area contributed by atoms with Crippen LogP contribution in [0.1, 0.15) is 36.4 Å². The summed E-state index contributed by atoms with van der Waals surface area (Å²) in [6, 6.07) is 12.2. The van der Waals surface area contributed by atoms with Crippen molar-refractivity contribution in [1.29, 1.82) is 0 Å². The van der Waals surface area contributed by atoms with Gasteiger partial charge in [0.25, 0.3) is 0 Å². The number of amides is 2. The minimum Gasteiger partial charge on any atom is -0.381 e. The quantitative estimate of drug-likeness (QED) is 0.786. The number of hydrogen-bond donors (Lipinski definition) is 2. The molecule has 7 heteroatoms. The zero-order valence-electron chi connectivity index (χ0n) is 16.7. The van der Waals surface area contributed by atoms with Crippen LogP contribution in [0.2, 0.25) is 0 Å². The van der Waals surface area contributed by atoms with Gasteiger partial charge in [0, 0.05) is 56.7 Å². The molecule has 29 heavy (non-hydrogen) atoms. The molecule has 1 unspecified atom stereocenters. The van der Waals surface area contributed by atoms with E-state index in [0.29, 0.717) is 12.5 Å². The third kappa shape index (κ3) is 5.44. The summed E-state index contributed by atoms with van der Waals surface area (Å²) in [4.78, 5) is 23.6. The topological polar surface area (TPSA) is 79.4 Å². The highest BCUT2D eigenvalue weighted by atomic mass is 16.5. The van der Waals surface area contributed by atoms with Crippen molar-refractivity contribution in [3.8, 4) is 0 Å². The fourth-order valence-electron chi connectivity index (χ4n) is 4.00. The van der Waals surface area contributed by atoms with Crippen LogP contribution in [0.15, 0.2) is 42.6 Å². The summed E-state index contributed by atoms with van der Waals surface area (Å²) in [5.41, 5.74) is 2.33. The second kappa shape index (κ2) is 9.69. The number of nitrogens with zero attached hydrogens (tertiary/aromatic N) is 3. The van der Waals surface area contributed by atoms with Crippen LogP contribution in [0.25, 0.3) is 0 Å². The van der Waals surface area contributed by atoms with Gasteiger partial charge in [-0.15, -0.1) is 0 Å². The molecule has 1 aromatic carbocycles. The maximum Gasteiger partial charge on any atom is 0.315 e. The maximum atomic E-state index is 12.2. The van der Waals surface area contributed by atoms with Gasteiger partial charge in [0.1, 0.15) is 0 Å². The van der Waals surface area contributed by atoms with Crippen LogP contribution < -0.4 is 15.5 Å². The van der Waals surface area contributed by atoms with E-state index in [1.807, 2.05) is 30.5 Å². The second-order valence-electron chi connectivity index (χ2n) is 7.74. The van der Waals surface area contributed by atoms with Gasteiger partial charge in [-0.05, 0) is 37.3 Å². The molecule has 0 bridgehead atoms. The zero-order valence-corrected chi connectivity index (χ0v) is 16.7. The number of nitrogens with one attached hydrogen (secondary N) is 2. The van der Waals surface area contributed by atoms with E-state index in [4.69, 9.17) is 9.72 Å². The maximum absolute atomic E-state index is 12.2. The molecule has 3 heterocycles. The number of rotatable bonds is 6. The van der Waals surface area contributed by atoms with Gasteiger partial charge in [0.2, 0.25) is 5.95 Å². The van der Waals surface area contributed by atoms with Gasteiger partial charge < -0.3 is 20.3 Å². The predicted octanol–water partition coefficient (Wildman–Crippen LogP) is 2.49. The highest BCUT2D eigenvalue weighted by molar-refractivity contribution is 5.74. The van der Waals surface area contributed by atoms with E-state index in [1.165, 1.54) is 5.56 Å². The third-order valence-corrected chi connectivity index (χ3v) is 5.65. The highest BCUT2D eigenvalue weighted by Crippen LogP contribution is 2.26. The molecule has 0 aliphatic carbocycles. The van der Waals surface area contributed by atoms with E-state index in [9.17, 15) is 4.79 Å². The molecule has 1 aromatic heterocycles. The van der Waals surface area contributed by atoms with Gasteiger partial charge in [-0.3, -0.25) is 0 Å². The van der Waals surface area contributed by atoms with E-state index >= 15 is 0 Å². The Balaban J connectivity index is 1.24. The minimum absolute atomic E-state index is 0.107. The van der Waals surface area contributed by atoms with Crippen molar-refractivity contribution in [2.45, 2.75) is 37.6 Å². The summed E-state index contributed by atoms with van der Waals surface area (Å²) in [7, 11) is 0. The Hall–Kier alpha value is -2.67. The molecule has 0 spiro atoms. The number of ether oxygens (including phenoxy) is 1. The average Bonchev–Trinajstić information content (AvgIpc) is 3.24. The molecule has 2 aromatic rings. The first kappa shape index (κ1) is 19.6. The molecule has 154 valence electrons. The molecule has 2 amide bonds. The van der Waals surface area contributed by atoms with Gasteiger partial charge in [0.15, 0.2) is 0 Å². The van der Waals surface area contributed by atoms with Crippen LogP contribution in [0, 0.1) is 0 Å². The lowest BCUT2D eigenvalue weighted by Gasteiger charge is -2.23. The number of carbonyl (C=O) groups is 1. The molecular formula is C22H29N5O2. The van der Waals surface area contributed by atoms with Crippen molar-refractivity contribution < 1.29 is 9.53 Å². The lowest BCUT2D eigenvalue weighted by atomic mass is 9.96. The Morgan fingerprint density at radius 3 is 2.79 bits per heavy atom. The first-order valence-electron chi connectivity index (χ1n) is 10.5. The van der Waals surface area contributed by atoms with Crippen LogP contribution in [-0.4, -0.2) is 54.9 Å². The molecule has 0 radical (unpaired) electrons. The Labute approximate surface area is 171 Å². The molecule has 0 saturated carbocycles. The Morgan fingerprint density at radius 1 is 1.14 bits per heavy atom. The van der Waals surface area contributed by atoms with E-state index in [2.05, 4.69) is 32.7 Å². The van der Waals surface area contributed by atoms with E-state index in [0.717, 1.165) is 63.6 Å². The Morgan fingerprint density at radius 2 is 1.97 bits per heavy atom. The molecule has 2 saturated heterocycles. The monoisotopic (exact) mass is 395 g/mol. The lowest BCUT2D eigenvalue weighted by Crippen LogP contribution is -2.44. The number of benzene rings is 1. The van der Waals surface area contributed by atoms with Crippen molar-refractivity contribution in [1.82, 2.24) is 20.6 Å². The summed E-state index contributed by atoms with van der Waals surface area (Å²) >= 11 is 0. The molecule has 4 rings (SSSR count). The summed E-state index contributed by atoms with van der Waals surface area (Å²) in [5, 5.41) is 6.03. The first-order valence-corrected chi connectivity index (χ1v) is 10.5. The normalized spacial score (nSPS) is 19.9. The molecule has 2 aliphatic rings. The van der Waals surface area contributed by atoms with Crippen LogP contribution in [-0.2, 0) is 11.2 Å². The molecule has 7 nitrogen and oxygen atoms in total.